The fourth-order valence-corrected chi connectivity index (χ4v) is 3.22. The number of anilines is 2. The molecular weight excluding hydrogens is 472 g/mol. The number of hydrogen-bond donors (Lipinski definition) is 2. The molecule has 2 aromatic rings. The summed E-state index contributed by atoms with van der Waals surface area (Å²) in [6, 6.07) is 7.21. The van der Waals surface area contributed by atoms with Crippen molar-refractivity contribution in [3.8, 4) is 0 Å². The van der Waals surface area contributed by atoms with Crippen molar-refractivity contribution in [3.05, 3.63) is 48.0 Å². The molecule has 0 aliphatic carbocycles. The van der Waals surface area contributed by atoms with E-state index in [1.807, 2.05) is 36.0 Å². The minimum absolute atomic E-state index is 0. The van der Waals surface area contributed by atoms with Crippen LogP contribution in [0, 0.1) is 5.82 Å². The normalized spacial score (nSPS) is 16.5. The number of nitrogens with zero attached hydrogens (tertiary/aromatic N) is 5. The van der Waals surface area contributed by atoms with Crippen molar-refractivity contribution >= 4 is 41.6 Å². The van der Waals surface area contributed by atoms with Gasteiger partial charge in [-0.25, -0.2) is 14.4 Å². The van der Waals surface area contributed by atoms with Crippen molar-refractivity contribution in [1.82, 2.24) is 20.6 Å². The average molecular weight is 499 g/mol. The number of guanidine groups is 1. The molecule has 9 heteroatoms. The molecule has 1 unspecified atom stereocenters. The lowest BCUT2D eigenvalue weighted by atomic mass is 10.2. The van der Waals surface area contributed by atoms with E-state index in [1.165, 1.54) is 6.07 Å². The van der Waals surface area contributed by atoms with Gasteiger partial charge in [0.05, 0.1) is 0 Å². The Balaban J connectivity index is 0.00000280. The molecule has 3 heterocycles. The fourth-order valence-electron chi connectivity index (χ4n) is 3.22. The molecule has 28 heavy (non-hydrogen) atoms. The van der Waals surface area contributed by atoms with E-state index in [0.29, 0.717) is 18.9 Å². The van der Waals surface area contributed by atoms with Gasteiger partial charge in [-0.15, -0.1) is 24.0 Å². The monoisotopic (exact) mass is 499 g/mol. The van der Waals surface area contributed by atoms with Gasteiger partial charge in [0.15, 0.2) is 17.6 Å². The number of pyridine rings is 2. The van der Waals surface area contributed by atoms with E-state index >= 15 is 0 Å². The molecule has 152 valence electrons. The fraction of sp³-hybridized carbons (Fsp3) is 0.421. The summed E-state index contributed by atoms with van der Waals surface area (Å²) in [6.07, 6.45) is 4.30. The summed E-state index contributed by atoms with van der Waals surface area (Å²) in [6.45, 7) is 2.06. The predicted molar refractivity (Wildman–Crippen MR) is 122 cm³/mol. The minimum atomic E-state index is -0.284. The second-order valence-corrected chi connectivity index (χ2v) is 6.69. The molecule has 0 spiro atoms. The number of rotatable bonds is 5. The van der Waals surface area contributed by atoms with Gasteiger partial charge in [0.25, 0.3) is 0 Å². The highest BCUT2D eigenvalue weighted by molar-refractivity contribution is 14.0. The molecule has 1 atom stereocenters. The lowest BCUT2D eigenvalue weighted by Crippen LogP contribution is -2.44. The summed E-state index contributed by atoms with van der Waals surface area (Å²) in [5.74, 6) is 1.78. The molecule has 1 saturated heterocycles. The molecule has 0 amide bonds. The Bertz CT molecular complexity index is 799. The molecule has 0 radical (unpaired) electrons. The third kappa shape index (κ3) is 5.43. The maximum Gasteiger partial charge on any atom is 0.191 e. The van der Waals surface area contributed by atoms with Crippen molar-refractivity contribution in [3.63, 3.8) is 0 Å². The first-order valence-corrected chi connectivity index (χ1v) is 9.02. The van der Waals surface area contributed by atoms with E-state index in [2.05, 4.69) is 25.6 Å². The number of nitrogens with one attached hydrogen (secondary N) is 2. The van der Waals surface area contributed by atoms with E-state index in [1.54, 1.807) is 25.5 Å². The van der Waals surface area contributed by atoms with Gasteiger partial charge >= 0.3 is 0 Å². The average Bonchev–Trinajstić information content (AvgIpc) is 3.14. The highest BCUT2D eigenvalue weighted by Gasteiger charge is 2.25. The molecule has 0 bridgehead atoms. The topological polar surface area (TPSA) is 68.7 Å². The van der Waals surface area contributed by atoms with Gasteiger partial charge in [0, 0.05) is 64.8 Å². The Kier molecular flexibility index (Phi) is 8.21. The summed E-state index contributed by atoms with van der Waals surface area (Å²) in [4.78, 5) is 16.8. The third-order valence-electron chi connectivity index (χ3n) is 4.53. The number of aromatic nitrogens is 2. The van der Waals surface area contributed by atoms with Crippen LogP contribution in [-0.4, -0.2) is 56.2 Å². The van der Waals surface area contributed by atoms with Gasteiger partial charge < -0.3 is 20.4 Å². The smallest absolute Gasteiger partial charge is 0.191 e. The zero-order chi connectivity index (χ0) is 19.2. The van der Waals surface area contributed by atoms with Crippen LogP contribution in [0.2, 0.25) is 0 Å². The van der Waals surface area contributed by atoms with Crippen LogP contribution in [0.4, 0.5) is 16.0 Å². The molecule has 1 aliphatic rings. The van der Waals surface area contributed by atoms with Gasteiger partial charge in [-0.05, 0) is 24.6 Å². The Morgan fingerprint density at radius 1 is 1.29 bits per heavy atom. The van der Waals surface area contributed by atoms with Crippen LogP contribution < -0.4 is 20.4 Å². The van der Waals surface area contributed by atoms with Crippen molar-refractivity contribution in [2.45, 2.75) is 19.0 Å². The van der Waals surface area contributed by atoms with Crippen LogP contribution in [0.3, 0.4) is 0 Å². The van der Waals surface area contributed by atoms with E-state index < -0.39 is 0 Å². The number of halogens is 2. The zero-order valence-electron chi connectivity index (χ0n) is 16.4. The SMILES string of the molecule is CN=C(NCc1cccnc1N(C)C)NC1CCN(c2ncccc2F)C1.I. The van der Waals surface area contributed by atoms with E-state index in [0.717, 1.165) is 30.3 Å². The first-order valence-electron chi connectivity index (χ1n) is 9.02. The molecule has 2 aromatic heterocycles. The van der Waals surface area contributed by atoms with Gasteiger partial charge in [0.1, 0.15) is 5.82 Å². The van der Waals surface area contributed by atoms with Crippen molar-refractivity contribution in [2.24, 2.45) is 4.99 Å². The zero-order valence-corrected chi connectivity index (χ0v) is 18.7. The van der Waals surface area contributed by atoms with Gasteiger partial charge in [0.2, 0.25) is 0 Å². The predicted octanol–water partition coefficient (Wildman–Crippen LogP) is 2.24. The largest absolute Gasteiger partial charge is 0.362 e. The van der Waals surface area contributed by atoms with Crippen molar-refractivity contribution in [2.75, 3.05) is 44.0 Å². The van der Waals surface area contributed by atoms with Crippen LogP contribution in [-0.2, 0) is 6.54 Å². The molecule has 1 aliphatic heterocycles. The van der Waals surface area contributed by atoms with Crippen molar-refractivity contribution < 1.29 is 4.39 Å². The van der Waals surface area contributed by atoms with Crippen molar-refractivity contribution in [1.29, 1.82) is 0 Å². The first kappa shape index (κ1) is 22.1. The Morgan fingerprint density at radius 3 is 2.75 bits per heavy atom. The van der Waals surface area contributed by atoms with E-state index in [9.17, 15) is 4.39 Å². The van der Waals surface area contributed by atoms with Crippen LogP contribution >= 0.6 is 24.0 Å². The second-order valence-electron chi connectivity index (χ2n) is 6.69. The van der Waals surface area contributed by atoms with Gasteiger partial charge in [-0.3, -0.25) is 4.99 Å². The molecule has 1 fully saturated rings. The maximum absolute atomic E-state index is 13.9. The lowest BCUT2D eigenvalue weighted by Gasteiger charge is -2.21. The maximum atomic E-state index is 13.9. The van der Waals surface area contributed by atoms with Crippen LogP contribution in [0.1, 0.15) is 12.0 Å². The Morgan fingerprint density at radius 2 is 2.04 bits per heavy atom. The second kappa shape index (κ2) is 10.4. The Hall–Kier alpha value is -2.17. The van der Waals surface area contributed by atoms with Crippen LogP contribution in [0.15, 0.2) is 41.7 Å². The Labute approximate surface area is 182 Å². The standard InChI is InChI=1S/C19H26FN7.HI/c1-21-19(24-12-14-6-4-9-22-17(14)26(2)3)25-15-8-11-27(13-15)18-16(20)7-5-10-23-18;/h4-7,9-10,15H,8,11-13H2,1-3H3,(H2,21,24,25);1H. The molecule has 7 nitrogen and oxygen atoms in total. The molecule has 3 rings (SSSR count). The highest BCUT2D eigenvalue weighted by atomic mass is 127. The number of aliphatic imine (C=N–C) groups is 1. The van der Waals surface area contributed by atoms with E-state index in [4.69, 9.17) is 0 Å². The summed E-state index contributed by atoms with van der Waals surface area (Å²) >= 11 is 0. The lowest BCUT2D eigenvalue weighted by molar-refractivity contribution is 0.612. The third-order valence-corrected chi connectivity index (χ3v) is 4.53. The summed E-state index contributed by atoms with van der Waals surface area (Å²) < 4.78 is 13.9. The van der Waals surface area contributed by atoms with E-state index in [-0.39, 0.29) is 35.8 Å². The van der Waals surface area contributed by atoms with Gasteiger partial charge in [-0.1, -0.05) is 6.07 Å². The molecule has 0 saturated carbocycles. The first-order chi connectivity index (χ1) is 13.1. The number of hydrogen-bond acceptors (Lipinski definition) is 5. The summed E-state index contributed by atoms with van der Waals surface area (Å²) in [7, 11) is 5.70. The summed E-state index contributed by atoms with van der Waals surface area (Å²) in [5, 5.41) is 6.75. The quantitative estimate of drug-likeness (QED) is 0.374. The van der Waals surface area contributed by atoms with Crippen LogP contribution in [0.5, 0.6) is 0 Å². The van der Waals surface area contributed by atoms with Gasteiger partial charge in [-0.2, -0.15) is 0 Å². The minimum Gasteiger partial charge on any atom is -0.362 e. The molecule has 2 N–H and O–H groups in total. The summed E-state index contributed by atoms with van der Waals surface area (Å²) in [5.41, 5.74) is 1.09. The van der Waals surface area contributed by atoms with Crippen LogP contribution in [0.25, 0.3) is 0 Å². The molecule has 0 aromatic carbocycles. The molecular formula is C19H27FIN7. The highest BCUT2D eigenvalue weighted by Crippen LogP contribution is 2.20.